The van der Waals surface area contributed by atoms with Gasteiger partial charge in [-0.25, -0.2) is 0 Å². The maximum atomic E-state index is 12.2. The topological polar surface area (TPSA) is 238 Å². The number of carbonyl (C=O) groups excluding carboxylic acids is 8. The molecule has 0 aromatic heterocycles. The Morgan fingerprint density at radius 3 is 0.963 bits per heavy atom. The van der Waals surface area contributed by atoms with Gasteiger partial charge >= 0.3 is 0 Å². The Morgan fingerprint density at radius 1 is 0.352 bits per heavy atom. The lowest BCUT2D eigenvalue weighted by molar-refractivity contribution is -0.126. The maximum Gasteiger partial charge on any atom is 0.135 e. The average Bonchev–Trinajstić information content (AvgIpc) is 3.03. The Kier molecular flexibility index (Phi) is 29.7. The van der Waals surface area contributed by atoms with Crippen molar-refractivity contribution in [1.82, 2.24) is 0 Å². The van der Waals surface area contributed by atoms with Crippen LogP contribution in [0.5, 0.6) is 0 Å². The lowest BCUT2D eigenvalue weighted by Crippen LogP contribution is -2.21. The van der Waals surface area contributed by atoms with Crippen LogP contribution >= 0.6 is 0 Å². The van der Waals surface area contributed by atoms with Crippen LogP contribution in [0.15, 0.2) is 0 Å². The van der Waals surface area contributed by atoms with Gasteiger partial charge < -0.3 is 30.3 Å². The van der Waals surface area contributed by atoms with Crippen molar-refractivity contribution in [2.45, 2.75) is 211 Å². The van der Waals surface area contributed by atoms with Crippen molar-refractivity contribution in [2.75, 3.05) is 0 Å². The molecule has 0 aliphatic carbocycles. The smallest absolute Gasteiger partial charge is 0.135 e. The highest BCUT2D eigenvalue weighted by Gasteiger charge is 2.20. The van der Waals surface area contributed by atoms with E-state index in [2.05, 4.69) is 6.92 Å². The molecule has 0 aromatic rings. The van der Waals surface area contributed by atoms with Crippen LogP contribution in [-0.4, -0.2) is 102 Å². The fraction of sp³-hybridized carbons (Fsp3) is 0.805. The molecule has 0 saturated heterocycles. The van der Waals surface area contributed by atoms with E-state index in [4.69, 9.17) is 0 Å². The highest BCUT2D eigenvalue weighted by Crippen LogP contribution is 2.15. The lowest BCUT2D eigenvalue weighted by Gasteiger charge is -2.15. The Labute approximate surface area is 321 Å². The van der Waals surface area contributed by atoms with Gasteiger partial charge in [-0.2, -0.15) is 0 Å². The monoisotopic (exact) mass is 768 g/mol. The Bertz CT molecular complexity index is 1160. The number of carbonyl (C=O) groups is 8. The standard InChI is InChI=1S/C41H68O13/c1-3-4-6-13-30(43)21-38(51)25-34(47)17-10-18-35(48)26-39(52)22-31(44)14-7-5-8-15-32(45)23-40(53)27-36(49)19-11-20-37(50)28-41(54)24-33(46)16-9-12-29(2)42/h30,38-41,43,51-54H,3-28H2,1-2H3/t30-,38+,39-,40+,41-/m0/s1. The molecule has 0 unspecified atom stereocenters. The van der Waals surface area contributed by atoms with E-state index in [-0.39, 0.29) is 155 Å². The molecular formula is C41H68O13. The third kappa shape index (κ3) is 31.5. The number of ketones is 8. The van der Waals surface area contributed by atoms with Gasteiger partial charge in [0.25, 0.3) is 0 Å². The average molecular weight is 769 g/mol. The van der Waals surface area contributed by atoms with Gasteiger partial charge in [0.2, 0.25) is 0 Å². The molecule has 0 saturated carbocycles. The van der Waals surface area contributed by atoms with Crippen molar-refractivity contribution in [2.24, 2.45) is 0 Å². The largest absolute Gasteiger partial charge is 0.393 e. The summed E-state index contributed by atoms with van der Waals surface area (Å²) in [7, 11) is 0. The van der Waals surface area contributed by atoms with Gasteiger partial charge in [0, 0.05) is 96.3 Å². The summed E-state index contributed by atoms with van der Waals surface area (Å²) in [6.07, 6.45) is 1.04. The first-order valence-electron chi connectivity index (χ1n) is 20.0. The van der Waals surface area contributed by atoms with E-state index in [9.17, 15) is 63.9 Å². The molecule has 0 amide bonds. The van der Waals surface area contributed by atoms with Gasteiger partial charge in [0.15, 0.2) is 0 Å². The molecule has 310 valence electrons. The SMILES string of the molecule is CCCCC[C@H](O)C[C@@H](O)CC(=O)CCCC(=O)C[C@@H](O)CC(=O)CCCCCC(=O)C[C@@H](O)CC(=O)CCCC(=O)C[C@@H](O)CC(=O)CCCC(C)=O. The summed E-state index contributed by atoms with van der Waals surface area (Å²) in [5.41, 5.74) is 0. The molecule has 0 fully saturated rings. The second-order valence-electron chi connectivity index (χ2n) is 15.0. The second-order valence-corrected chi connectivity index (χ2v) is 15.0. The Morgan fingerprint density at radius 2 is 0.648 bits per heavy atom. The van der Waals surface area contributed by atoms with Crippen LogP contribution in [-0.2, 0) is 38.4 Å². The second kappa shape index (κ2) is 31.4. The van der Waals surface area contributed by atoms with Gasteiger partial charge in [-0.15, -0.1) is 0 Å². The van der Waals surface area contributed by atoms with Gasteiger partial charge in [0.1, 0.15) is 46.3 Å². The van der Waals surface area contributed by atoms with Crippen molar-refractivity contribution in [3.8, 4) is 0 Å². The third-order valence-corrected chi connectivity index (χ3v) is 9.15. The van der Waals surface area contributed by atoms with Crippen LogP contribution < -0.4 is 0 Å². The first kappa shape index (κ1) is 51.2. The molecule has 5 N–H and O–H groups in total. The molecule has 5 atom stereocenters. The highest BCUT2D eigenvalue weighted by atomic mass is 16.3. The van der Waals surface area contributed by atoms with Crippen LogP contribution in [0, 0.1) is 0 Å². The highest BCUT2D eigenvalue weighted by molar-refractivity contribution is 5.85. The van der Waals surface area contributed by atoms with E-state index in [1.807, 2.05) is 0 Å². The summed E-state index contributed by atoms with van der Waals surface area (Å²) in [4.78, 5) is 95.9. The summed E-state index contributed by atoms with van der Waals surface area (Å²) in [6, 6.07) is 0. The number of aliphatic hydroxyl groups is 5. The Balaban J connectivity index is 4.01. The van der Waals surface area contributed by atoms with Crippen LogP contribution in [0.2, 0.25) is 0 Å². The van der Waals surface area contributed by atoms with Crippen molar-refractivity contribution in [3.63, 3.8) is 0 Å². The summed E-state index contributed by atoms with van der Waals surface area (Å²) < 4.78 is 0. The molecule has 0 radical (unpaired) electrons. The van der Waals surface area contributed by atoms with Gasteiger partial charge in [-0.1, -0.05) is 32.6 Å². The van der Waals surface area contributed by atoms with Crippen LogP contribution in [0.1, 0.15) is 181 Å². The number of unbranched alkanes of at least 4 members (excludes halogenated alkanes) is 4. The van der Waals surface area contributed by atoms with Gasteiger partial charge in [0.05, 0.1) is 30.5 Å². The quantitative estimate of drug-likeness (QED) is 0.0544. The summed E-state index contributed by atoms with van der Waals surface area (Å²) >= 11 is 0. The summed E-state index contributed by atoms with van der Waals surface area (Å²) in [5.74, 6) is -1.69. The molecule has 0 bridgehead atoms. The molecular weight excluding hydrogens is 700 g/mol. The number of Topliss-reactive ketones (excluding diaryl/α,β-unsaturated/α-hetero) is 8. The van der Waals surface area contributed by atoms with E-state index in [0.29, 0.717) is 38.5 Å². The molecule has 0 aliphatic heterocycles. The first-order valence-corrected chi connectivity index (χ1v) is 20.0. The number of hydrogen-bond acceptors (Lipinski definition) is 13. The maximum absolute atomic E-state index is 12.2. The van der Waals surface area contributed by atoms with Crippen LogP contribution in [0.4, 0.5) is 0 Å². The third-order valence-electron chi connectivity index (χ3n) is 9.15. The molecule has 13 nitrogen and oxygen atoms in total. The van der Waals surface area contributed by atoms with E-state index < -0.39 is 30.5 Å². The van der Waals surface area contributed by atoms with Crippen LogP contribution in [0.3, 0.4) is 0 Å². The molecule has 54 heavy (non-hydrogen) atoms. The molecule has 0 spiro atoms. The van der Waals surface area contributed by atoms with Gasteiger partial charge in [-0.05, 0) is 51.9 Å². The number of aliphatic hydroxyl groups excluding tert-OH is 5. The normalized spacial score (nSPS) is 14.1. The van der Waals surface area contributed by atoms with Crippen molar-refractivity contribution < 1.29 is 63.9 Å². The molecule has 0 aliphatic rings. The zero-order valence-corrected chi connectivity index (χ0v) is 32.8. The van der Waals surface area contributed by atoms with E-state index in [0.717, 1.165) is 19.3 Å². The minimum absolute atomic E-state index is 0.0178. The summed E-state index contributed by atoms with van der Waals surface area (Å²) in [5, 5.41) is 50.3. The fourth-order valence-corrected chi connectivity index (χ4v) is 6.24. The minimum atomic E-state index is -1.14. The van der Waals surface area contributed by atoms with Crippen molar-refractivity contribution in [1.29, 1.82) is 0 Å². The zero-order chi connectivity index (χ0) is 40.9. The zero-order valence-electron chi connectivity index (χ0n) is 32.8. The molecule has 0 rings (SSSR count). The predicted molar refractivity (Wildman–Crippen MR) is 201 cm³/mol. The van der Waals surface area contributed by atoms with E-state index >= 15 is 0 Å². The number of hydrogen-bond donors (Lipinski definition) is 5. The van der Waals surface area contributed by atoms with E-state index in [1.54, 1.807) is 0 Å². The van der Waals surface area contributed by atoms with Crippen molar-refractivity contribution in [3.05, 3.63) is 0 Å². The van der Waals surface area contributed by atoms with E-state index in [1.165, 1.54) is 6.92 Å². The lowest BCUT2D eigenvalue weighted by atomic mass is 9.98. The summed E-state index contributed by atoms with van der Waals surface area (Å²) in [6.45, 7) is 3.49. The van der Waals surface area contributed by atoms with Crippen molar-refractivity contribution >= 4 is 46.3 Å². The van der Waals surface area contributed by atoms with Crippen LogP contribution in [0.25, 0.3) is 0 Å². The number of rotatable bonds is 38. The molecule has 0 heterocycles. The fourth-order valence-electron chi connectivity index (χ4n) is 6.24. The molecule has 13 heteroatoms. The first-order chi connectivity index (χ1) is 25.5. The molecule has 0 aromatic carbocycles. The predicted octanol–water partition coefficient (Wildman–Crippen LogP) is 4.53. The minimum Gasteiger partial charge on any atom is -0.393 e. The Hall–Kier alpha value is -2.84. The van der Waals surface area contributed by atoms with Gasteiger partial charge in [-0.3, -0.25) is 33.6 Å².